The van der Waals surface area contributed by atoms with Crippen molar-refractivity contribution in [2.24, 2.45) is 0 Å². The van der Waals surface area contributed by atoms with Crippen LogP contribution in [0.4, 0.5) is 5.82 Å². The van der Waals surface area contributed by atoms with Gasteiger partial charge in [-0.2, -0.15) is 0 Å². The summed E-state index contributed by atoms with van der Waals surface area (Å²) in [6.45, 7) is 0.275. The van der Waals surface area contributed by atoms with Crippen LogP contribution in [0.25, 0.3) is 0 Å². The number of halogens is 1. The predicted molar refractivity (Wildman–Crippen MR) is 84.1 cm³/mol. The first-order chi connectivity index (χ1) is 9.65. The first-order valence-electron chi connectivity index (χ1n) is 5.93. The van der Waals surface area contributed by atoms with Crippen molar-refractivity contribution in [2.45, 2.75) is 11.3 Å². The smallest absolute Gasteiger partial charge is 0.244 e. The van der Waals surface area contributed by atoms with Gasteiger partial charge in [0, 0.05) is 30.8 Å². The molecule has 0 saturated heterocycles. The summed E-state index contributed by atoms with van der Waals surface area (Å²) in [5.41, 5.74) is 0. The Hall–Kier alpha value is -0.750. The predicted octanol–water partition coefficient (Wildman–Crippen LogP) is 0.103. The van der Waals surface area contributed by atoms with Gasteiger partial charge in [-0.15, -0.1) is 0 Å². The normalized spacial score (nSPS) is 12.3. The topological polar surface area (TPSA) is 117 Å². The van der Waals surface area contributed by atoms with E-state index in [9.17, 15) is 16.8 Å². The monoisotopic (exact) mass is 400 g/mol. The van der Waals surface area contributed by atoms with E-state index in [1.807, 2.05) is 0 Å². The summed E-state index contributed by atoms with van der Waals surface area (Å²) in [6, 6.07) is 1.44. The lowest BCUT2D eigenvalue weighted by atomic mass is 10.4. The van der Waals surface area contributed by atoms with Gasteiger partial charge >= 0.3 is 0 Å². The molecule has 21 heavy (non-hydrogen) atoms. The molecule has 0 unspecified atom stereocenters. The Kier molecular flexibility index (Phi) is 6.53. The fraction of sp³-hybridized carbons (Fsp3) is 0.500. The molecule has 0 fully saturated rings. The Morgan fingerprint density at radius 1 is 1.19 bits per heavy atom. The average molecular weight is 401 g/mol. The molecule has 1 heterocycles. The Balaban J connectivity index is 2.68. The van der Waals surface area contributed by atoms with Gasteiger partial charge in [-0.1, -0.05) is 0 Å². The fourth-order valence-corrected chi connectivity index (χ4v) is 3.70. The van der Waals surface area contributed by atoms with Crippen molar-refractivity contribution >= 4 is 41.8 Å². The number of aromatic nitrogens is 1. The lowest BCUT2D eigenvalue weighted by Gasteiger charge is -2.11. The summed E-state index contributed by atoms with van der Waals surface area (Å²) in [5, 5.41) is 2.71. The first kappa shape index (κ1) is 18.3. The molecule has 3 N–H and O–H groups in total. The highest BCUT2D eigenvalue weighted by Crippen LogP contribution is 2.22. The molecule has 0 bridgehead atoms. The summed E-state index contributed by atoms with van der Waals surface area (Å²) >= 11 is 3.17. The van der Waals surface area contributed by atoms with Crippen LogP contribution in [0.1, 0.15) is 6.42 Å². The molecular formula is C10H17BrN4O4S2. The Morgan fingerprint density at radius 3 is 2.38 bits per heavy atom. The highest BCUT2D eigenvalue weighted by molar-refractivity contribution is 9.10. The summed E-state index contributed by atoms with van der Waals surface area (Å²) in [7, 11) is -5.41. The van der Waals surface area contributed by atoms with Crippen LogP contribution in [0.15, 0.2) is 21.6 Å². The fourth-order valence-electron chi connectivity index (χ4n) is 1.44. The van der Waals surface area contributed by atoms with Gasteiger partial charge in [-0.25, -0.2) is 31.3 Å². The molecule has 11 heteroatoms. The quantitative estimate of drug-likeness (QED) is 0.532. The molecule has 8 nitrogen and oxygen atoms in total. The minimum Gasteiger partial charge on any atom is -0.372 e. The average Bonchev–Trinajstić information content (AvgIpc) is 2.36. The molecule has 0 aliphatic rings. The molecule has 0 saturated carbocycles. The summed E-state index contributed by atoms with van der Waals surface area (Å²) in [4.78, 5) is 3.99. The molecule has 0 amide bonds. The number of hydrogen-bond acceptors (Lipinski definition) is 6. The summed E-state index contributed by atoms with van der Waals surface area (Å²) in [5.74, 6) is 0.236. The number of rotatable bonds is 8. The van der Waals surface area contributed by atoms with Crippen LogP contribution in [0, 0.1) is 0 Å². The van der Waals surface area contributed by atoms with E-state index >= 15 is 0 Å². The van der Waals surface area contributed by atoms with E-state index in [1.54, 1.807) is 7.05 Å². The zero-order valence-electron chi connectivity index (χ0n) is 11.6. The zero-order chi connectivity index (χ0) is 16.1. The highest BCUT2D eigenvalue weighted by atomic mass is 79.9. The van der Waals surface area contributed by atoms with Crippen molar-refractivity contribution in [3.8, 4) is 0 Å². The Morgan fingerprint density at radius 2 is 1.81 bits per heavy atom. The number of sulfonamides is 2. The lowest BCUT2D eigenvalue weighted by molar-refractivity contribution is 0.575. The molecular weight excluding hydrogens is 384 g/mol. The summed E-state index contributed by atoms with van der Waals surface area (Å²) in [6.07, 6.45) is 2.87. The van der Waals surface area contributed by atoms with E-state index in [0.717, 1.165) is 6.26 Å². The van der Waals surface area contributed by atoms with Gasteiger partial charge in [0.15, 0.2) is 0 Å². The van der Waals surface area contributed by atoms with Gasteiger partial charge in [0.2, 0.25) is 20.0 Å². The largest absolute Gasteiger partial charge is 0.372 e. The second-order valence-electron chi connectivity index (χ2n) is 4.17. The molecule has 0 aliphatic heterocycles. The van der Waals surface area contributed by atoms with Crippen LogP contribution in [0.2, 0.25) is 0 Å². The number of nitrogens with one attached hydrogen (secondary N) is 3. The number of pyridine rings is 1. The lowest BCUT2D eigenvalue weighted by Crippen LogP contribution is -2.29. The van der Waals surface area contributed by atoms with Crippen molar-refractivity contribution in [2.75, 3.05) is 31.7 Å². The molecule has 1 aromatic rings. The second kappa shape index (κ2) is 7.49. The summed E-state index contributed by atoms with van der Waals surface area (Å²) < 4.78 is 51.3. The van der Waals surface area contributed by atoms with Crippen LogP contribution >= 0.6 is 15.9 Å². The molecule has 0 spiro atoms. The van der Waals surface area contributed by atoms with Gasteiger partial charge in [0.25, 0.3) is 0 Å². The van der Waals surface area contributed by atoms with E-state index in [0.29, 0.717) is 10.9 Å². The molecule has 0 atom stereocenters. The van der Waals surface area contributed by atoms with Crippen LogP contribution in [0.5, 0.6) is 0 Å². The van der Waals surface area contributed by atoms with Crippen LogP contribution in [-0.4, -0.2) is 48.2 Å². The number of anilines is 1. The molecule has 0 aliphatic carbocycles. The maximum atomic E-state index is 12.2. The highest BCUT2D eigenvalue weighted by Gasteiger charge is 2.19. The van der Waals surface area contributed by atoms with E-state index in [-0.39, 0.29) is 23.8 Å². The van der Waals surface area contributed by atoms with E-state index in [4.69, 9.17) is 0 Å². The minimum atomic E-state index is -3.72. The van der Waals surface area contributed by atoms with Crippen molar-refractivity contribution in [1.82, 2.24) is 14.4 Å². The number of nitrogens with zero attached hydrogens (tertiary/aromatic N) is 1. The minimum absolute atomic E-state index is 0.0236. The van der Waals surface area contributed by atoms with Crippen LogP contribution in [0.3, 0.4) is 0 Å². The third kappa shape index (κ3) is 6.26. The molecule has 0 radical (unpaired) electrons. The van der Waals surface area contributed by atoms with Crippen molar-refractivity contribution < 1.29 is 16.8 Å². The van der Waals surface area contributed by atoms with Crippen LogP contribution < -0.4 is 14.8 Å². The number of hydrogen-bond donors (Lipinski definition) is 3. The van der Waals surface area contributed by atoms with Gasteiger partial charge in [0.05, 0.1) is 6.26 Å². The molecule has 120 valence electrons. The van der Waals surface area contributed by atoms with E-state index < -0.39 is 20.0 Å². The van der Waals surface area contributed by atoms with Crippen molar-refractivity contribution in [3.63, 3.8) is 0 Å². The standard InChI is InChI=1S/C10H17BrN4O4S2/c1-12-10-9(6-8(11)7-13-10)21(18,19)15-5-3-4-14-20(2,16)17/h6-7,14-15H,3-5H2,1-2H3,(H,12,13). The third-order valence-corrected chi connectivity index (χ3v) is 4.99. The van der Waals surface area contributed by atoms with Gasteiger partial charge in [-0.3, -0.25) is 0 Å². The maximum Gasteiger partial charge on any atom is 0.244 e. The van der Waals surface area contributed by atoms with Crippen molar-refractivity contribution in [3.05, 3.63) is 16.7 Å². The van der Waals surface area contributed by atoms with Crippen molar-refractivity contribution in [1.29, 1.82) is 0 Å². The molecule has 1 aromatic heterocycles. The van der Waals surface area contributed by atoms with Gasteiger partial charge < -0.3 is 5.32 Å². The van der Waals surface area contributed by atoms with Gasteiger partial charge in [0.1, 0.15) is 10.7 Å². The molecule has 0 aromatic carbocycles. The first-order valence-corrected chi connectivity index (χ1v) is 10.1. The Labute approximate surface area is 133 Å². The third-order valence-electron chi connectivity index (χ3n) is 2.36. The maximum absolute atomic E-state index is 12.2. The molecule has 1 rings (SSSR count). The van der Waals surface area contributed by atoms with E-state index in [2.05, 4.69) is 35.7 Å². The van der Waals surface area contributed by atoms with Crippen LogP contribution in [-0.2, 0) is 20.0 Å². The second-order valence-corrected chi connectivity index (χ2v) is 8.65. The Bertz CT molecular complexity index is 691. The SMILES string of the molecule is CNc1ncc(Br)cc1S(=O)(=O)NCCCNS(C)(=O)=O. The zero-order valence-corrected chi connectivity index (χ0v) is 14.8. The van der Waals surface area contributed by atoms with Gasteiger partial charge in [-0.05, 0) is 28.4 Å². The van der Waals surface area contributed by atoms with E-state index in [1.165, 1.54) is 12.3 Å².